The summed E-state index contributed by atoms with van der Waals surface area (Å²) in [6.45, 7) is 4.36. The van der Waals surface area contributed by atoms with E-state index in [2.05, 4.69) is 10.2 Å². The number of thioether (sulfide) groups is 1. The van der Waals surface area contributed by atoms with E-state index in [1.807, 2.05) is 16.7 Å². The van der Waals surface area contributed by atoms with Crippen molar-refractivity contribution in [3.8, 4) is 0 Å². The van der Waals surface area contributed by atoms with Gasteiger partial charge in [-0.3, -0.25) is 9.59 Å². The molecule has 1 fully saturated rings. The van der Waals surface area contributed by atoms with Crippen molar-refractivity contribution < 1.29 is 14.3 Å². The van der Waals surface area contributed by atoms with Crippen molar-refractivity contribution in [2.45, 2.75) is 25.8 Å². The summed E-state index contributed by atoms with van der Waals surface area (Å²) in [7, 11) is 0. The molecule has 7 nitrogen and oxygen atoms in total. The number of amides is 1. The van der Waals surface area contributed by atoms with E-state index in [0.29, 0.717) is 28.1 Å². The van der Waals surface area contributed by atoms with Crippen LogP contribution >= 0.6 is 24.0 Å². The van der Waals surface area contributed by atoms with Gasteiger partial charge in [-0.25, -0.2) is 4.79 Å². The first-order valence-corrected chi connectivity index (χ1v) is 12.0. The third-order valence-corrected chi connectivity index (χ3v) is 7.27. The predicted molar refractivity (Wildman–Crippen MR) is 129 cm³/mol. The zero-order chi connectivity index (χ0) is 22.7. The third-order valence-electron chi connectivity index (χ3n) is 5.74. The number of carbonyl (C=O) groups is 2. The van der Waals surface area contributed by atoms with Crippen LogP contribution in [0.15, 0.2) is 47.3 Å². The number of benzene rings is 1. The standard InChI is InChI=1S/C23H25N3O4S2/c1-2-30-22(29)16-6-8-18(9-7-16)24-20(27)14-32-23(31)25-11-15-10-17(13-25)19-4-3-5-21(28)26(19)12-15/h3-9,15,17H,2,10-14H2,1H3,(H,24,27)/t15-,17-/m0/s1. The predicted octanol–water partition coefficient (Wildman–Crippen LogP) is 3.10. The largest absolute Gasteiger partial charge is 0.462 e. The molecule has 1 saturated heterocycles. The number of aromatic nitrogens is 1. The van der Waals surface area contributed by atoms with E-state index in [-0.39, 0.29) is 29.1 Å². The second kappa shape index (κ2) is 9.87. The molecule has 1 aromatic carbocycles. The second-order valence-corrected chi connectivity index (χ2v) is 9.61. The molecule has 2 aromatic rings. The molecule has 168 valence electrons. The van der Waals surface area contributed by atoms with Gasteiger partial charge < -0.3 is 19.5 Å². The summed E-state index contributed by atoms with van der Waals surface area (Å²) in [5, 5.41) is 2.83. The highest BCUT2D eigenvalue weighted by molar-refractivity contribution is 8.23. The molecule has 1 aromatic heterocycles. The lowest BCUT2D eigenvalue weighted by Crippen LogP contribution is -2.48. The number of esters is 1. The lowest BCUT2D eigenvalue weighted by atomic mass is 9.83. The topological polar surface area (TPSA) is 80.6 Å². The van der Waals surface area contributed by atoms with E-state index in [0.717, 1.165) is 31.7 Å². The van der Waals surface area contributed by atoms with Crippen molar-refractivity contribution in [2.75, 3.05) is 30.8 Å². The van der Waals surface area contributed by atoms with E-state index in [1.165, 1.54) is 11.8 Å². The van der Waals surface area contributed by atoms with E-state index >= 15 is 0 Å². The molecule has 2 atom stereocenters. The fourth-order valence-corrected chi connectivity index (χ4v) is 5.35. The van der Waals surface area contributed by atoms with Crippen LogP contribution in [0.1, 0.15) is 35.3 Å². The van der Waals surface area contributed by atoms with Crippen molar-refractivity contribution in [2.24, 2.45) is 5.92 Å². The first kappa shape index (κ1) is 22.5. The van der Waals surface area contributed by atoms with Crippen molar-refractivity contribution in [3.63, 3.8) is 0 Å². The Morgan fingerprint density at radius 2 is 1.94 bits per heavy atom. The summed E-state index contributed by atoms with van der Waals surface area (Å²) in [5.41, 5.74) is 2.20. The Morgan fingerprint density at radius 3 is 2.69 bits per heavy atom. The van der Waals surface area contributed by atoms with Crippen LogP contribution in [0, 0.1) is 5.92 Å². The zero-order valence-electron chi connectivity index (χ0n) is 17.8. The summed E-state index contributed by atoms with van der Waals surface area (Å²) in [4.78, 5) is 38.4. The van der Waals surface area contributed by atoms with Crippen molar-refractivity contribution in [1.29, 1.82) is 0 Å². The van der Waals surface area contributed by atoms with Crippen LogP contribution in [0.4, 0.5) is 5.69 Å². The Bertz CT molecular complexity index is 1080. The quantitative estimate of drug-likeness (QED) is 0.530. The summed E-state index contributed by atoms with van der Waals surface area (Å²) < 4.78 is 7.56. The molecule has 0 saturated carbocycles. The second-order valence-electron chi connectivity index (χ2n) is 8.00. The molecule has 3 heterocycles. The molecule has 0 unspecified atom stereocenters. The minimum atomic E-state index is -0.384. The Labute approximate surface area is 196 Å². The maximum Gasteiger partial charge on any atom is 0.338 e. The molecule has 2 bridgehead atoms. The first-order chi connectivity index (χ1) is 15.4. The number of piperidine rings is 1. The van der Waals surface area contributed by atoms with Gasteiger partial charge in [0.05, 0.1) is 17.9 Å². The van der Waals surface area contributed by atoms with Crippen LogP contribution in [0.2, 0.25) is 0 Å². The summed E-state index contributed by atoms with van der Waals surface area (Å²) in [6.07, 6.45) is 1.06. The Morgan fingerprint density at radius 1 is 1.16 bits per heavy atom. The van der Waals surface area contributed by atoms with E-state index < -0.39 is 0 Å². The summed E-state index contributed by atoms with van der Waals surface area (Å²) >= 11 is 6.97. The lowest BCUT2D eigenvalue weighted by molar-refractivity contribution is -0.113. The molecule has 1 amide bonds. The van der Waals surface area contributed by atoms with Gasteiger partial charge in [-0.05, 0) is 49.6 Å². The van der Waals surface area contributed by atoms with Crippen LogP contribution < -0.4 is 10.9 Å². The number of thiocarbonyl (C=S) groups is 1. The number of fused-ring (bicyclic) bond motifs is 4. The van der Waals surface area contributed by atoms with Gasteiger partial charge in [0.2, 0.25) is 5.91 Å². The molecule has 2 aliphatic heterocycles. The van der Waals surface area contributed by atoms with Gasteiger partial charge in [0, 0.05) is 43.0 Å². The minimum Gasteiger partial charge on any atom is -0.462 e. The normalized spacial score (nSPS) is 19.1. The molecule has 0 spiro atoms. The molecule has 2 aliphatic rings. The number of hydrogen-bond acceptors (Lipinski definition) is 6. The van der Waals surface area contributed by atoms with Crippen molar-refractivity contribution in [1.82, 2.24) is 9.47 Å². The number of rotatable bonds is 5. The van der Waals surface area contributed by atoms with Gasteiger partial charge in [0.15, 0.2) is 0 Å². The number of carbonyl (C=O) groups excluding carboxylic acids is 2. The summed E-state index contributed by atoms with van der Waals surface area (Å²) in [6, 6.07) is 12.1. The fraction of sp³-hybridized carbons (Fsp3) is 0.391. The minimum absolute atomic E-state index is 0.0644. The molecule has 32 heavy (non-hydrogen) atoms. The van der Waals surface area contributed by atoms with Gasteiger partial charge in [0.1, 0.15) is 4.32 Å². The number of hydrogen-bond donors (Lipinski definition) is 1. The Kier molecular flexibility index (Phi) is 6.95. The first-order valence-electron chi connectivity index (χ1n) is 10.6. The monoisotopic (exact) mass is 471 g/mol. The molecule has 1 N–H and O–H groups in total. The third kappa shape index (κ3) is 5.05. The lowest BCUT2D eigenvalue weighted by Gasteiger charge is -2.43. The SMILES string of the molecule is CCOC(=O)c1ccc(NC(=O)CSC(=S)N2C[C@@H]3C[C@@H](C2)c2cccc(=O)n2C3)cc1. The number of ether oxygens (including phenoxy) is 1. The molecule has 9 heteroatoms. The number of nitrogens with one attached hydrogen (secondary N) is 1. The molecular formula is C23H25N3O4S2. The molecule has 4 rings (SSSR count). The fourth-order valence-electron chi connectivity index (χ4n) is 4.37. The number of likely N-dealkylation sites (tertiary alicyclic amines) is 1. The van der Waals surface area contributed by atoms with Gasteiger partial charge in [-0.2, -0.15) is 0 Å². The van der Waals surface area contributed by atoms with Gasteiger partial charge in [-0.15, -0.1) is 0 Å². The average molecular weight is 472 g/mol. The maximum absolute atomic E-state index is 12.4. The highest BCUT2D eigenvalue weighted by atomic mass is 32.2. The number of anilines is 1. The van der Waals surface area contributed by atoms with Crippen LogP contribution in [-0.4, -0.2) is 51.1 Å². The Balaban J connectivity index is 1.29. The summed E-state index contributed by atoms with van der Waals surface area (Å²) in [5.74, 6) is 0.328. The van der Waals surface area contributed by atoms with E-state index in [4.69, 9.17) is 17.0 Å². The van der Waals surface area contributed by atoms with Crippen LogP contribution in [0.3, 0.4) is 0 Å². The average Bonchev–Trinajstić information content (AvgIpc) is 2.79. The zero-order valence-corrected chi connectivity index (χ0v) is 19.4. The highest BCUT2D eigenvalue weighted by Gasteiger charge is 2.35. The van der Waals surface area contributed by atoms with Crippen LogP contribution in [0.25, 0.3) is 0 Å². The van der Waals surface area contributed by atoms with Gasteiger partial charge in [0.25, 0.3) is 5.56 Å². The number of pyridine rings is 1. The highest BCUT2D eigenvalue weighted by Crippen LogP contribution is 2.36. The molecule has 0 aliphatic carbocycles. The number of nitrogens with zero attached hydrogens (tertiary/aromatic N) is 2. The van der Waals surface area contributed by atoms with Crippen LogP contribution in [0.5, 0.6) is 0 Å². The van der Waals surface area contributed by atoms with Gasteiger partial charge in [-0.1, -0.05) is 30.0 Å². The molecule has 0 radical (unpaired) electrons. The van der Waals surface area contributed by atoms with E-state index in [1.54, 1.807) is 37.3 Å². The van der Waals surface area contributed by atoms with Crippen molar-refractivity contribution in [3.05, 3.63) is 64.1 Å². The van der Waals surface area contributed by atoms with Crippen molar-refractivity contribution >= 4 is 45.9 Å². The van der Waals surface area contributed by atoms with Gasteiger partial charge >= 0.3 is 5.97 Å². The van der Waals surface area contributed by atoms with Crippen LogP contribution in [-0.2, 0) is 16.1 Å². The maximum atomic E-state index is 12.4. The Hall–Kier alpha value is -2.65. The van der Waals surface area contributed by atoms with E-state index in [9.17, 15) is 14.4 Å². The molecular weight excluding hydrogens is 446 g/mol. The smallest absolute Gasteiger partial charge is 0.338 e.